The topological polar surface area (TPSA) is 62.5 Å². The van der Waals surface area contributed by atoms with Crippen LogP contribution in [0.5, 0.6) is 0 Å². The minimum atomic E-state index is -0.0153. The van der Waals surface area contributed by atoms with E-state index in [0.717, 1.165) is 48.3 Å². The van der Waals surface area contributed by atoms with Crippen molar-refractivity contribution < 1.29 is 4.79 Å². The summed E-state index contributed by atoms with van der Waals surface area (Å²) in [5, 5.41) is 13.0. The zero-order valence-corrected chi connectivity index (χ0v) is 17.3. The van der Waals surface area contributed by atoms with Crippen LogP contribution in [-0.4, -0.2) is 38.6 Å². The molecule has 3 heterocycles. The second-order valence-electron chi connectivity index (χ2n) is 7.72. The number of hydrogen-bond acceptors (Lipinski definition) is 3. The van der Waals surface area contributed by atoms with Crippen LogP contribution in [0, 0.1) is 0 Å². The van der Waals surface area contributed by atoms with Crippen molar-refractivity contribution in [3.8, 4) is 0 Å². The molecule has 1 aromatic carbocycles. The predicted molar refractivity (Wildman–Crippen MR) is 113 cm³/mol. The van der Waals surface area contributed by atoms with Crippen LogP contribution in [0.3, 0.4) is 0 Å². The molecule has 29 heavy (non-hydrogen) atoms. The summed E-state index contributed by atoms with van der Waals surface area (Å²) in [7, 11) is 0. The molecule has 0 saturated carbocycles. The van der Waals surface area contributed by atoms with E-state index in [1.807, 2.05) is 45.8 Å². The number of piperidine rings is 1. The molecule has 0 radical (unpaired) electrons. The number of aromatic nitrogens is 3. The molecule has 1 fully saturated rings. The van der Waals surface area contributed by atoms with Gasteiger partial charge in [-0.05, 0) is 55.0 Å². The summed E-state index contributed by atoms with van der Waals surface area (Å²) in [6.07, 6.45) is 5.45. The Kier molecular flexibility index (Phi) is 4.84. The van der Waals surface area contributed by atoms with Gasteiger partial charge >= 0.3 is 6.03 Å². The summed E-state index contributed by atoms with van der Waals surface area (Å²) in [4.78, 5) is 14.7. The molecule has 150 valence electrons. The normalized spacial score (nSPS) is 19.5. The quantitative estimate of drug-likeness (QED) is 0.646. The number of benzene rings is 1. The molecule has 1 aliphatic carbocycles. The highest BCUT2D eigenvalue weighted by Crippen LogP contribution is 2.39. The van der Waals surface area contributed by atoms with Gasteiger partial charge in [-0.1, -0.05) is 35.3 Å². The lowest BCUT2D eigenvalue weighted by Gasteiger charge is -2.32. The largest absolute Gasteiger partial charge is 0.331 e. The summed E-state index contributed by atoms with van der Waals surface area (Å²) in [6, 6.07) is 9.66. The van der Waals surface area contributed by atoms with Crippen molar-refractivity contribution in [2.75, 3.05) is 13.1 Å². The van der Waals surface area contributed by atoms with Gasteiger partial charge in [0.25, 0.3) is 0 Å². The third kappa shape index (κ3) is 3.34. The monoisotopic (exact) mass is 429 g/mol. The van der Waals surface area contributed by atoms with Crippen molar-refractivity contribution in [1.82, 2.24) is 24.8 Å². The Morgan fingerprint density at radius 3 is 2.72 bits per heavy atom. The van der Waals surface area contributed by atoms with Crippen LogP contribution < -0.4 is 5.32 Å². The molecule has 6 nitrogen and oxygen atoms in total. The van der Waals surface area contributed by atoms with Crippen LogP contribution in [0.1, 0.15) is 48.2 Å². The Morgan fingerprint density at radius 2 is 1.90 bits per heavy atom. The summed E-state index contributed by atoms with van der Waals surface area (Å²) >= 11 is 12.4. The minimum Gasteiger partial charge on any atom is -0.331 e. The molecule has 2 aliphatic rings. The average Bonchev–Trinajstić information content (AvgIpc) is 3.35. The SMILES string of the molecule is O=C(NC1CCc2c1ccc(Cl)c2Cl)N1CCC(c2nnc3ccccn23)CC1. The van der Waals surface area contributed by atoms with E-state index in [2.05, 4.69) is 15.5 Å². The van der Waals surface area contributed by atoms with Crippen molar-refractivity contribution >= 4 is 34.9 Å². The number of nitrogens with zero attached hydrogens (tertiary/aromatic N) is 4. The van der Waals surface area contributed by atoms with Crippen molar-refractivity contribution in [2.45, 2.75) is 37.6 Å². The molecular weight excluding hydrogens is 409 g/mol. The molecule has 3 aromatic rings. The third-order valence-corrected chi connectivity index (χ3v) is 6.92. The molecular formula is C21H21Cl2N5O. The Balaban J connectivity index is 1.23. The second kappa shape index (κ2) is 7.50. The zero-order valence-electron chi connectivity index (χ0n) is 15.8. The fraction of sp³-hybridized carbons (Fsp3) is 0.381. The highest BCUT2D eigenvalue weighted by atomic mass is 35.5. The first-order valence-electron chi connectivity index (χ1n) is 9.93. The van der Waals surface area contributed by atoms with Gasteiger partial charge in [0.1, 0.15) is 5.82 Å². The van der Waals surface area contributed by atoms with Gasteiger partial charge in [0, 0.05) is 25.2 Å². The highest BCUT2D eigenvalue weighted by Gasteiger charge is 2.31. The van der Waals surface area contributed by atoms with Gasteiger partial charge in [0.2, 0.25) is 0 Å². The number of hydrogen-bond donors (Lipinski definition) is 1. The van der Waals surface area contributed by atoms with Crippen molar-refractivity contribution in [3.63, 3.8) is 0 Å². The Labute approximate surface area is 178 Å². The molecule has 1 saturated heterocycles. The lowest BCUT2D eigenvalue weighted by atomic mass is 9.96. The molecule has 1 atom stereocenters. The number of rotatable bonds is 2. The molecule has 2 amide bonds. The number of halogens is 2. The minimum absolute atomic E-state index is 0.00886. The number of nitrogens with one attached hydrogen (secondary N) is 1. The zero-order chi connectivity index (χ0) is 20.0. The number of likely N-dealkylation sites (tertiary alicyclic amines) is 1. The maximum atomic E-state index is 12.8. The second-order valence-corrected chi connectivity index (χ2v) is 8.50. The van der Waals surface area contributed by atoms with Gasteiger partial charge in [-0.2, -0.15) is 0 Å². The molecule has 0 bridgehead atoms. The van der Waals surface area contributed by atoms with Gasteiger partial charge in [-0.15, -0.1) is 10.2 Å². The summed E-state index contributed by atoms with van der Waals surface area (Å²) < 4.78 is 2.05. The number of urea groups is 1. The third-order valence-electron chi connectivity index (χ3n) is 6.08. The van der Waals surface area contributed by atoms with E-state index in [9.17, 15) is 4.79 Å². The highest BCUT2D eigenvalue weighted by molar-refractivity contribution is 6.42. The fourth-order valence-electron chi connectivity index (χ4n) is 4.50. The first kappa shape index (κ1) is 18.7. The first-order chi connectivity index (χ1) is 14.1. The Morgan fingerprint density at radius 1 is 1.07 bits per heavy atom. The predicted octanol–water partition coefficient (Wildman–Crippen LogP) is 4.61. The van der Waals surface area contributed by atoms with E-state index in [0.29, 0.717) is 29.1 Å². The van der Waals surface area contributed by atoms with E-state index in [1.165, 1.54) is 0 Å². The van der Waals surface area contributed by atoms with Crippen LogP contribution in [-0.2, 0) is 6.42 Å². The molecule has 0 spiro atoms. The van der Waals surface area contributed by atoms with E-state index >= 15 is 0 Å². The van der Waals surface area contributed by atoms with Crippen LogP contribution in [0.4, 0.5) is 4.79 Å². The Hall–Kier alpha value is -2.31. The van der Waals surface area contributed by atoms with Crippen LogP contribution in [0.25, 0.3) is 5.65 Å². The van der Waals surface area contributed by atoms with Gasteiger partial charge in [0.05, 0.1) is 16.1 Å². The fourth-order valence-corrected chi connectivity index (χ4v) is 4.95. The van der Waals surface area contributed by atoms with Gasteiger partial charge in [-0.25, -0.2) is 4.79 Å². The number of pyridine rings is 1. The summed E-state index contributed by atoms with van der Waals surface area (Å²) in [5.74, 6) is 1.29. The van der Waals surface area contributed by atoms with E-state index in [4.69, 9.17) is 23.2 Å². The lowest BCUT2D eigenvalue weighted by Crippen LogP contribution is -2.45. The first-order valence-corrected chi connectivity index (χ1v) is 10.7. The average molecular weight is 430 g/mol. The molecule has 8 heteroatoms. The lowest BCUT2D eigenvalue weighted by molar-refractivity contribution is 0.176. The van der Waals surface area contributed by atoms with E-state index in [-0.39, 0.29) is 12.1 Å². The van der Waals surface area contributed by atoms with Crippen LogP contribution in [0.15, 0.2) is 36.5 Å². The Bertz CT molecular complexity index is 1070. The number of amides is 2. The van der Waals surface area contributed by atoms with Gasteiger partial charge in [-0.3, -0.25) is 4.40 Å². The van der Waals surface area contributed by atoms with Crippen LogP contribution in [0.2, 0.25) is 10.0 Å². The summed E-state index contributed by atoms with van der Waals surface area (Å²) in [5.41, 5.74) is 3.00. The van der Waals surface area contributed by atoms with Gasteiger partial charge in [0.15, 0.2) is 5.65 Å². The van der Waals surface area contributed by atoms with Gasteiger partial charge < -0.3 is 10.2 Å². The molecule has 5 rings (SSSR count). The standard InChI is InChI=1S/C21H21Cl2N5O/c22-16-6-4-14-15(19(16)23)5-7-17(14)24-21(29)27-11-8-13(9-12-27)20-26-25-18-3-1-2-10-28(18)20/h1-4,6,10,13,17H,5,7-9,11-12H2,(H,24,29). The number of carbonyl (C=O) groups excluding carboxylic acids is 1. The molecule has 1 aliphatic heterocycles. The number of carbonyl (C=O) groups is 1. The molecule has 1 N–H and O–H groups in total. The van der Waals surface area contributed by atoms with Crippen molar-refractivity contribution in [3.05, 3.63) is 63.5 Å². The van der Waals surface area contributed by atoms with Crippen LogP contribution >= 0.6 is 23.2 Å². The maximum absolute atomic E-state index is 12.8. The molecule has 1 unspecified atom stereocenters. The maximum Gasteiger partial charge on any atom is 0.317 e. The van der Waals surface area contributed by atoms with E-state index in [1.54, 1.807) is 0 Å². The van der Waals surface area contributed by atoms with Crippen molar-refractivity contribution in [1.29, 1.82) is 0 Å². The van der Waals surface area contributed by atoms with E-state index < -0.39 is 0 Å². The number of fused-ring (bicyclic) bond motifs is 2. The smallest absolute Gasteiger partial charge is 0.317 e. The molecule has 2 aromatic heterocycles. The van der Waals surface area contributed by atoms with Crippen molar-refractivity contribution in [2.24, 2.45) is 0 Å². The summed E-state index contributed by atoms with van der Waals surface area (Å²) in [6.45, 7) is 1.42.